The van der Waals surface area contributed by atoms with Crippen LogP contribution in [0.4, 0.5) is 10.6 Å². The topological polar surface area (TPSA) is 53.8 Å². The summed E-state index contributed by atoms with van der Waals surface area (Å²) in [6.45, 7) is 6.05. The van der Waals surface area contributed by atoms with Gasteiger partial charge in [-0.2, -0.15) is 5.10 Å². The van der Waals surface area contributed by atoms with E-state index in [9.17, 15) is 4.79 Å². The minimum atomic E-state index is 0.164. The number of aromatic nitrogens is 2. The summed E-state index contributed by atoms with van der Waals surface area (Å²) < 4.78 is 7.31. The molecule has 3 aliphatic rings. The molecule has 0 unspecified atom stereocenters. The van der Waals surface area contributed by atoms with Gasteiger partial charge >= 0.3 is 6.03 Å². The number of carbonyl (C=O) groups excluding carboxylic acids is 1. The Hall–Kier alpha value is -1.76. The van der Waals surface area contributed by atoms with Crippen LogP contribution in [0.15, 0.2) is 6.07 Å². The fraction of sp³-hybridized carbons (Fsp3) is 0.750. The van der Waals surface area contributed by atoms with Crippen molar-refractivity contribution in [2.45, 2.75) is 18.8 Å². The molecule has 23 heavy (non-hydrogen) atoms. The van der Waals surface area contributed by atoms with E-state index in [0.717, 1.165) is 26.2 Å². The van der Waals surface area contributed by atoms with E-state index in [1.807, 2.05) is 21.5 Å². The quantitative estimate of drug-likeness (QED) is 0.812. The monoisotopic (exact) mass is 319 g/mol. The third-order valence-corrected chi connectivity index (χ3v) is 5.03. The van der Waals surface area contributed by atoms with Gasteiger partial charge in [0.2, 0.25) is 0 Å². The molecule has 0 N–H and O–H groups in total. The Bertz CT molecular complexity index is 569. The Morgan fingerprint density at radius 1 is 1.09 bits per heavy atom. The Kier molecular flexibility index (Phi) is 3.88. The highest BCUT2D eigenvalue weighted by Crippen LogP contribution is 2.40. The highest BCUT2D eigenvalue weighted by molar-refractivity contribution is 5.75. The van der Waals surface area contributed by atoms with Crippen molar-refractivity contribution >= 4 is 11.8 Å². The van der Waals surface area contributed by atoms with E-state index >= 15 is 0 Å². The molecule has 0 bridgehead atoms. The normalized spacial score (nSPS) is 22.6. The molecule has 1 saturated carbocycles. The molecule has 0 radical (unpaired) electrons. The van der Waals surface area contributed by atoms with Crippen molar-refractivity contribution in [3.63, 3.8) is 0 Å². The van der Waals surface area contributed by atoms with Gasteiger partial charge in [-0.25, -0.2) is 4.79 Å². The summed E-state index contributed by atoms with van der Waals surface area (Å²) in [7, 11) is 2.02. The summed E-state index contributed by atoms with van der Waals surface area (Å²) >= 11 is 0. The van der Waals surface area contributed by atoms with E-state index in [1.54, 1.807) is 0 Å². The van der Waals surface area contributed by atoms with Crippen LogP contribution < -0.4 is 4.90 Å². The summed E-state index contributed by atoms with van der Waals surface area (Å²) in [5.41, 5.74) is 1.23. The van der Waals surface area contributed by atoms with E-state index in [2.05, 4.69) is 16.1 Å². The summed E-state index contributed by atoms with van der Waals surface area (Å²) in [6.07, 6.45) is 2.55. The number of piperazine rings is 1. The lowest BCUT2D eigenvalue weighted by atomic mass is 10.2. The number of aryl methyl sites for hydroxylation is 1. The first-order valence-corrected chi connectivity index (χ1v) is 8.63. The van der Waals surface area contributed by atoms with Crippen molar-refractivity contribution in [2.24, 2.45) is 7.05 Å². The maximum atomic E-state index is 12.5. The first-order chi connectivity index (χ1) is 11.2. The number of urea groups is 1. The zero-order valence-corrected chi connectivity index (χ0v) is 13.8. The largest absolute Gasteiger partial charge is 0.378 e. The molecule has 1 aromatic heterocycles. The minimum Gasteiger partial charge on any atom is -0.378 e. The zero-order chi connectivity index (χ0) is 15.8. The third kappa shape index (κ3) is 3.02. The second-order valence-corrected chi connectivity index (χ2v) is 6.68. The van der Waals surface area contributed by atoms with Crippen LogP contribution in [-0.4, -0.2) is 78.1 Å². The van der Waals surface area contributed by atoms with Gasteiger partial charge < -0.3 is 19.4 Å². The van der Waals surface area contributed by atoms with Crippen molar-refractivity contribution in [1.29, 1.82) is 0 Å². The molecular weight excluding hydrogens is 294 g/mol. The van der Waals surface area contributed by atoms with Gasteiger partial charge in [0, 0.05) is 58.3 Å². The van der Waals surface area contributed by atoms with E-state index < -0.39 is 0 Å². The third-order valence-electron chi connectivity index (χ3n) is 5.03. The second-order valence-electron chi connectivity index (χ2n) is 6.68. The summed E-state index contributed by atoms with van der Waals surface area (Å²) in [6, 6.07) is 2.40. The Morgan fingerprint density at radius 2 is 1.74 bits per heavy atom. The van der Waals surface area contributed by atoms with Gasteiger partial charge in [0.15, 0.2) is 0 Å². The summed E-state index contributed by atoms with van der Waals surface area (Å²) in [4.78, 5) is 18.8. The van der Waals surface area contributed by atoms with Crippen LogP contribution in [0.25, 0.3) is 0 Å². The van der Waals surface area contributed by atoms with Gasteiger partial charge in [0.1, 0.15) is 5.82 Å². The van der Waals surface area contributed by atoms with Gasteiger partial charge in [-0.15, -0.1) is 0 Å². The fourth-order valence-electron chi connectivity index (χ4n) is 3.44. The second kappa shape index (κ2) is 6.03. The van der Waals surface area contributed by atoms with Gasteiger partial charge in [0.05, 0.1) is 18.9 Å². The lowest BCUT2D eigenvalue weighted by Gasteiger charge is -2.39. The highest BCUT2D eigenvalue weighted by atomic mass is 16.5. The number of rotatable bonds is 2. The van der Waals surface area contributed by atoms with Crippen molar-refractivity contribution in [1.82, 2.24) is 19.6 Å². The smallest absolute Gasteiger partial charge is 0.320 e. The van der Waals surface area contributed by atoms with Crippen molar-refractivity contribution in [3.8, 4) is 0 Å². The van der Waals surface area contributed by atoms with Crippen molar-refractivity contribution in [3.05, 3.63) is 11.8 Å². The number of anilines is 1. The molecule has 4 rings (SSSR count). The number of amides is 2. The van der Waals surface area contributed by atoms with Crippen LogP contribution in [0.5, 0.6) is 0 Å². The van der Waals surface area contributed by atoms with E-state index in [1.165, 1.54) is 24.4 Å². The van der Waals surface area contributed by atoms with Crippen LogP contribution in [0.2, 0.25) is 0 Å². The molecule has 7 heteroatoms. The Balaban J connectivity index is 1.36. The van der Waals surface area contributed by atoms with Crippen LogP contribution in [0, 0.1) is 0 Å². The van der Waals surface area contributed by atoms with Gasteiger partial charge in [-0.1, -0.05) is 0 Å². The zero-order valence-electron chi connectivity index (χ0n) is 13.8. The van der Waals surface area contributed by atoms with Gasteiger partial charge in [0.25, 0.3) is 0 Å². The summed E-state index contributed by atoms with van der Waals surface area (Å²) in [5, 5.41) is 4.65. The molecule has 2 amide bonds. The van der Waals surface area contributed by atoms with Crippen LogP contribution in [-0.2, 0) is 11.8 Å². The number of carbonyl (C=O) groups is 1. The molecule has 1 aromatic rings. The first-order valence-electron chi connectivity index (χ1n) is 8.63. The number of hydrogen-bond donors (Lipinski definition) is 0. The van der Waals surface area contributed by atoms with Crippen molar-refractivity contribution < 1.29 is 9.53 Å². The molecule has 3 heterocycles. The number of morpholine rings is 1. The number of hydrogen-bond acceptors (Lipinski definition) is 4. The molecule has 2 saturated heterocycles. The SMILES string of the molecule is Cn1nc(C2CC2)cc1N1CCN(C(=O)N2CCOCC2)CC1. The molecule has 0 spiro atoms. The molecule has 3 fully saturated rings. The van der Waals surface area contributed by atoms with Crippen molar-refractivity contribution in [2.75, 3.05) is 57.4 Å². The molecule has 126 valence electrons. The minimum absolute atomic E-state index is 0.164. The first kappa shape index (κ1) is 14.8. The Labute approximate surface area is 136 Å². The lowest BCUT2D eigenvalue weighted by Crippen LogP contribution is -2.55. The van der Waals surface area contributed by atoms with Gasteiger partial charge in [-0.05, 0) is 12.8 Å². The fourth-order valence-corrected chi connectivity index (χ4v) is 3.44. The van der Waals surface area contributed by atoms with Crippen LogP contribution >= 0.6 is 0 Å². The molecule has 7 nitrogen and oxygen atoms in total. The molecule has 1 aliphatic carbocycles. The van der Waals surface area contributed by atoms with Crippen LogP contribution in [0.3, 0.4) is 0 Å². The molecule has 2 aliphatic heterocycles. The number of ether oxygens (including phenoxy) is 1. The number of nitrogens with zero attached hydrogens (tertiary/aromatic N) is 5. The highest BCUT2D eigenvalue weighted by Gasteiger charge is 2.30. The average molecular weight is 319 g/mol. The maximum absolute atomic E-state index is 12.5. The molecule has 0 aromatic carbocycles. The molecular formula is C16H25N5O2. The Morgan fingerprint density at radius 3 is 2.39 bits per heavy atom. The standard InChI is InChI=1S/C16H25N5O2/c1-18-15(12-14(17-18)13-2-3-13)19-4-6-20(7-5-19)16(22)21-8-10-23-11-9-21/h12-13H,2-11H2,1H3. The van der Waals surface area contributed by atoms with Crippen LogP contribution in [0.1, 0.15) is 24.5 Å². The average Bonchev–Trinajstić information content (AvgIpc) is 3.38. The summed E-state index contributed by atoms with van der Waals surface area (Å²) in [5.74, 6) is 1.87. The van der Waals surface area contributed by atoms with E-state index in [0.29, 0.717) is 32.2 Å². The van der Waals surface area contributed by atoms with Gasteiger partial charge in [-0.3, -0.25) is 4.68 Å². The lowest BCUT2D eigenvalue weighted by molar-refractivity contribution is 0.0428. The predicted molar refractivity (Wildman–Crippen MR) is 86.8 cm³/mol. The predicted octanol–water partition coefficient (Wildman–Crippen LogP) is 0.872. The van der Waals surface area contributed by atoms with E-state index in [4.69, 9.17) is 4.74 Å². The maximum Gasteiger partial charge on any atom is 0.320 e. The van der Waals surface area contributed by atoms with E-state index in [-0.39, 0.29) is 6.03 Å². The molecule has 0 atom stereocenters.